The zero-order valence-corrected chi connectivity index (χ0v) is 11.4. The first-order valence-electron chi connectivity index (χ1n) is 6.76. The summed E-state index contributed by atoms with van der Waals surface area (Å²) in [5.74, 6) is -0.324. The van der Waals surface area contributed by atoms with E-state index >= 15 is 0 Å². The fourth-order valence-corrected chi connectivity index (χ4v) is 2.25. The lowest BCUT2D eigenvalue weighted by Crippen LogP contribution is -2.33. The molecule has 2 N–H and O–H groups in total. The van der Waals surface area contributed by atoms with Gasteiger partial charge in [-0.05, 0) is 24.5 Å². The molecule has 0 radical (unpaired) electrons. The van der Waals surface area contributed by atoms with Crippen molar-refractivity contribution in [1.82, 2.24) is 10.6 Å². The molecule has 1 aliphatic heterocycles. The Bertz CT molecular complexity index is 468. The molecule has 1 aromatic rings. The number of benzene rings is 1. The van der Waals surface area contributed by atoms with Crippen molar-refractivity contribution < 1.29 is 9.59 Å². The van der Waals surface area contributed by atoms with Gasteiger partial charge in [0.2, 0.25) is 11.8 Å². The predicted molar refractivity (Wildman–Crippen MR) is 73.5 cm³/mol. The molecule has 1 aromatic carbocycles. The second kappa shape index (κ2) is 5.87. The third-order valence-corrected chi connectivity index (χ3v) is 3.59. The van der Waals surface area contributed by atoms with Crippen LogP contribution >= 0.6 is 0 Å². The van der Waals surface area contributed by atoms with Crippen LogP contribution in [0.25, 0.3) is 0 Å². The average molecular weight is 260 g/mol. The molecule has 2 unspecified atom stereocenters. The highest BCUT2D eigenvalue weighted by atomic mass is 16.2. The second-order valence-corrected chi connectivity index (χ2v) is 5.03. The van der Waals surface area contributed by atoms with Gasteiger partial charge in [-0.2, -0.15) is 0 Å². The van der Waals surface area contributed by atoms with Crippen LogP contribution in [0.2, 0.25) is 0 Å². The summed E-state index contributed by atoms with van der Waals surface area (Å²) in [6.45, 7) is 4.53. The van der Waals surface area contributed by atoms with E-state index in [1.807, 2.05) is 19.1 Å². The van der Waals surface area contributed by atoms with Crippen LogP contribution in [-0.4, -0.2) is 18.4 Å². The molecule has 4 heteroatoms. The van der Waals surface area contributed by atoms with E-state index in [4.69, 9.17) is 0 Å². The van der Waals surface area contributed by atoms with Crippen molar-refractivity contribution in [2.45, 2.75) is 32.7 Å². The normalized spacial score (nSPS) is 19.9. The largest absolute Gasteiger partial charge is 0.355 e. The quantitative estimate of drug-likeness (QED) is 0.863. The minimum atomic E-state index is -0.232. The van der Waals surface area contributed by atoms with Crippen molar-refractivity contribution in [2.75, 3.05) is 6.54 Å². The fraction of sp³-hybridized carbons (Fsp3) is 0.467. The van der Waals surface area contributed by atoms with E-state index in [0.717, 1.165) is 12.0 Å². The number of amides is 2. The molecule has 0 aromatic heterocycles. The minimum Gasteiger partial charge on any atom is -0.355 e. The summed E-state index contributed by atoms with van der Waals surface area (Å²) in [5.41, 5.74) is 2.37. The molecule has 0 aliphatic carbocycles. The first-order valence-corrected chi connectivity index (χ1v) is 6.76. The molecule has 102 valence electrons. The van der Waals surface area contributed by atoms with E-state index in [1.54, 1.807) is 0 Å². The van der Waals surface area contributed by atoms with Gasteiger partial charge in [-0.3, -0.25) is 9.59 Å². The Kier molecular flexibility index (Phi) is 4.20. The average Bonchev–Trinajstić information content (AvgIpc) is 2.85. The van der Waals surface area contributed by atoms with Crippen molar-refractivity contribution in [1.29, 1.82) is 0 Å². The van der Waals surface area contributed by atoms with Crippen LogP contribution < -0.4 is 10.6 Å². The summed E-state index contributed by atoms with van der Waals surface area (Å²) in [6.07, 6.45) is 1.31. The molecule has 0 spiro atoms. The Balaban J connectivity index is 1.94. The Hall–Kier alpha value is -1.84. The standard InChI is InChI=1S/C15H20N2O2/c1-3-11-4-6-12(7-5-11)10(2)17-15(19)13-8-14(18)16-9-13/h4-7,10,13H,3,8-9H2,1-2H3,(H,16,18)(H,17,19). The second-order valence-electron chi connectivity index (χ2n) is 5.03. The monoisotopic (exact) mass is 260 g/mol. The van der Waals surface area contributed by atoms with Gasteiger partial charge in [0.1, 0.15) is 0 Å². The molecule has 1 aliphatic rings. The third-order valence-electron chi connectivity index (χ3n) is 3.59. The maximum absolute atomic E-state index is 12.0. The summed E-state index contributed by atoms with van der Waals surface area (Å²) >= 11 is 0. The van der Waals surface area contributed by atoms with Crippen LogP contribution in [0.15, 0.2) is 24.3 Å². The molecule has 2 atom stereocenters. The number of hydrogen-bond donors (Lipinski definition) is 2. The van der Waals surface area contributed by atoms with E-state index in [-0.39, 0.29) is 23.8 Å². The first kappa shape index (κ1) is 13.6. The van der Waals surface area contributed by atoms with E-state index in [0.29, 0.717) is 13.0 Å². The van der Waals surface area contributed by atoms with Gasteiger partial charge in [-0.15, -0.1) is 0 Å². The van der Waals surface area contributed by atoms with Crippen molar-refractivity contribution >= 4 is 11.8 Å². The maximum Gasteiger partial charge on any atom is 0.225 e. The summed E-state index contributed by atoms with van der Waals surface area (Å²) in [7, 11) is 0. The third kappa shape index (κ3) is 3.34. The number of carbonyl (C=O) groups is 2. The Morgan fingerprint density at radius 1 is 1.42 bits per heavy atom. The van der Waals surface area contributed by atoms with E-state index in [9.17, 15) is 9.59 Å². The maximum atomic E-state index is 12.0. The van der Waals surface area contributed by atoms with Crippen LogP contribution in [0.5, 0.6) is 0 Å². The minimum absolute atomic E-state index is 0.0332. The molecule has 1 fully saturated rings. The van der Waals surface area contributed by atoms with Gasteiger partial charge in [0, 0.05) is 13.0 Å². The highest BCUT2D eigenvalue weighted by molar-refractivity contribution is 5.89. The molecule has 0 bridgehead atoms. The molecular formula is C15H20N2O2. The molecule has 4 nitrogen and oxygen atoms in total. The number of carbonyl (C=O) groups excluding carboxylic acids is 2. The number of aryl methyl sites for hydroxylation is 1. The van der Waals surface area contributed by atoms with Crippen molar-refractivity contribution in [3.05, 3.63) is 35.4 Å². The van der Waals surface area contributed by atoms with Crippen LogP contribution in [-0.2, 0) is 16.0 Å². The molecule has 1 heterocycles. The SMILES string of the molecule is CCc1ccc(C(C)NC(=O)C2CNC(=O)C2)cc1. The molecule has 2 rings (SSSR count). The van der Waals surface area contributed by atoms with Crippen molar-refractivity contribution in [2.24, 2.45) is 5.92 Å². The summed E-state index contributed by atoms with van der Waals surface area (Å²) < 4.78 is 0. The smallest absolute Gasteiger partial charge is 0.225 e. The van der Waals surface area contributed by atoms with Crippen LogP contribution in [0.4, 0.5) is 0 Å². The Labute approximate surface area is 113 Å². The van der Waals surface area contributed by atoms with Gasteiger partial charge in [0.25, 0.3) is 0 Å². The fourth-order valence-electron chi connectivity index (χ4n) is 2.25. The van der Waals surface area contributed by atoms with Gasteiger partial charge >= 0.3 is 0 Å². The molecule has 2 amide bonds. The van der Waals surface area contributed by atoms with E-state index < -0.39 is 0 Å². The molecule has 1 saturated heterocycles. The number of nitrogens with one attached hydrogen (secondary N) is 2. The highest BCUT2D eigenvalue weighted by Gasteiger charge is 2.28. The number of hydrogen-bond acceptors (Lipinski definition) is 2. The van der Waals surface area contributed by atoms with Crippen molar-refractivity contribution in [3.63, 3.8) is 0 Å². The summed E-state index contributed by atoms with van der Waals surface area (Å²) in [5, 5.41) is 5.64. The summed E-state index contributed by atoms with van der Waals surface area (Å²) in [4.78, 5) is 23.1. The molecular weight excluding hydrogens is 240 g/mol. The lowest BCUT2D eigenvalue weighted by molar-refractivity contribution is -0.127. The zero-order valence-electron chi connectivity index (χ0n) is 11.4. The highest BCUT2D eigenvalue weighted by Crippen LogP contribution is 2.16. The van der Waals surface area contributed by atoms with Crippen LogP contribution in [0.3, 0.4) is 0 Å². The first-order chi connectivity index (χ1) is 9.10. The summed E-state index contributed by atoms with van der Waals surface area (Å²) in [6, 6.07) is 8.22. The van der Waals surface area contributed by atoms with Gasteiger partial charge in [0.15, 0.2) is 0 Å². The topological polar surface area (TPSA) is 58.2 Å². The molecule has 0 saturated carbocycles. The lowest BCUT2D eigenvalue weighted by atomic mass is 10.0. The zero-order chi connectivity index (χ0) is 13.8. The Morgan fingerprint density at radius 3 is 2.63 bits per heavy atom. The Morgan fingerprint density at radius 2 is 2.11 bits per heavy atom. The van der Waals surface area contributed by atoms with Gasteiger partial charge in [0.05, 0.1) is 12.0 Å². The van der Waals surface area contributed by atoms with Crippen LogP contribution in [0.1, 0.15) is 37.4 Å². The van der Waals surface area contributed by atoms with Gasteiger partial charge < -0.3 is 10.6 Å². The lowest BCUT2D eigenvalue weighted by Gasteiger charge is -2.17. The predicted octanol–water partition coefficient (Wildman–Crippen LogP) is 1.56. The van der Waals surface area contributed by atoms with Gasteiger partial charge in [-0.1, -0.05) is 31.2 Å². The molecule has 19 heavy (non-hydrogen) atoms. The van der Waals surface area contributed by atoms with E-state index in [2.05, 4.69) is 29.7 Å². The van der Waals surface area contributed by atoms with Gasteiger partial charge in [-0.25, -0.2) is 0 Å². The van der Waals surface area contributed by atoms with Crippen molar-refractivity contribution in [3.8, 4) is 0 Å². The van der Waals surface area contributed by atoms with Crippen LogP contribution in [0, 0.1) is 5.92 Å². The number of rotatable bonds is 4. The van der Waals surface area contributed by atoms with E-state index in [1.165, 1.54) is 5.56 Å².